The third kappa shape index (κ3) is 1.77. The van der Waals surface area contributed by atoms with Gasteiger partial charge in [0.05, 0.1) is 5.69 Å². The molecule has 0 aliphatic heterocycles. The van der Waals surface area contributed by atoms with E-state index >= 15 is 0 Å². The van der Waals surface area contributed by atoms with E-state index in [1.807, 2.05) is 30.3 Å². The highest BCUT2D eigenvalue weighted by Gasteiger charge is 2.11. The van der Waals surface area contributed by atoms with Crippen molar-refractivity contribution in [1.82, 2.24) is 15.2 Å². The third-order valence-corrected chi connectivity index (χ3v) is 3.07. The van der Waals surface area contributed by atoms with E-state index in [2.05, 4.69) is 15.2 Å². The lowest BCUT2D eigenvalue weighted by molar-refractivity contribution is 1.10. The normalized spacial score (nSPS) is 10.9. The van der Waals surface area contributed by atoms with E-state index in [0.717, 1.165) is 16.6 Å². The van der Waals surface area contributed by atoms with Crippen LogP contribution in [0.25, 0.3) is 22.3 Å². The van der Waals surface area contributed by atoms with Gasteiger partial charge in [0, 0.05) is 16.0 Å². The maximum Gasteiger partial charge on any atom is 0.182 e. The fourth-order valence-corrected chi connectivity index (χ4v) is 2.12. The average Bonchev–Trinajstić information content (AvgIpc) is 2.72. The van der Waals surface area contributed by atoms with Crippen molar-refractivity contribution in [1.29, 1.82) is 0 Å². The van der Waals surface area contributed by atoms with Crippen LogP contribution in [0.3, 0.4) is 0 Å². The Morgan fingerprint density at radius 2 is 1.82 bits per heavy atom. The molecule has 0 atom stereocenters. The molecular formula is C12H7Cl2N3. The summed E-state index contributed by atoms with van der Waals surface area (Å²) < 4.78 is 0. The van der Waals surface area contributed by atoms with Crippen LogP contribution in [0.15, 0.2) is 36.4 Å². The van der Waals surface area contributed by atoms with Crippen molar-refractivity contribution in [2.24, 2.45) is 0 Å². The molecule has 3 rings (SSSR count). The molecule has 3 nitrogen and oxygen atoms in total. The summed E-state index contributed by atoms with van der Waals surface area (Å²) in [6.07, 6.45) is 0. The molecule has 0 unspecified atom stereocenters. The molecule has 3 aromatic rings. The molecule has 1 aromatic carbocycles. The molecule has 0 bridgehead atoms. The van der Waals surface area contributed by atoms with Crippen molar-refractivity contribution in [3.63, 3.8) is 0 Å². The molecule has 0 fully saturated rings. The van der Waals surface area contributed by atoms with Crippen LogP contribution in [0.5, 0.6) is 0 Å². The lowest BCUT2D eigenvalue weighted by Crippen LogP contribution is -1.80. The number of fused-ring (bicyclic) bond motifs is 1. The zero-order chi connectivity index (χ0) is 11.8. The molecule has 0 aliphatic rings. The van der Waals surface area contributed by atoms with Crippen LogP contribution in [-0.2, 0) is 0 Å². The fraction of sp³-hybridized carbons (Fsp3) is 0. The first kappa shape index (κ1) is 10.6. The van der Waals surface area contributed by atoms with Crippen molar-refractivity contribution < 1.29 is 0 Å². The van der Waals surface area contributed by atoms with Gasteiger partial charge in [0.15, 0.2) is 5.65 Å². The van der Waals surface area contributed by atoms with Crippen molar-refractivity contribution in [3.05, 3.63) is 46.6 Å². The monoisotopic (exact) mass is 263 g/mol. The van der Waals surface area contributed by atoms with Gasteiger partial charge in [0.25, 0.3) is 0 Å². The van der Waals surface area contributed by atoms with Gasteiger partial charge in [0.1, 0.15) is 5.15 Å². The molecule has 5 heteroatoms. The predicted octanol–water partition coefficient (Wildman–Crippen LogP) is 3.93. The number of H-pyrrole nitrogens is 1. The van der Waals surface area contributed by atoms with Gasteiger partial charge in [0.2, 0.25) is 0 Å². The molecule has 0 spiro atoms. The van der Waals surface area contributed by atoms with Crippen LogP contribution < -0.4 is 0 Å². The summed E-state index contributed by atoms with van der Waals surface area (Å²) in [4.78, 5) is 4.13. The number of rotatable bonds is 1. The first-order valence-electron chi connectivity index (χ1n) is 5.01. The summed E-state index contributed by atoms with van der Waals surface area (Å²) in [6, 6.07) is 11.2. The number of aromatic nitrogens is 3. The van der Waals surface area contributed by atoms with E-state index in [1.165, 1.54) is 0 Å². The summed E-state index contributed by atoms with van der Waals surface area (Å²) >= 11 is 12.0. The lowest BCUT2D eigenvalue weighted by Gasteiger charge is -2.01. The zero-order valence-corrected chi connectivity index (χ0v) is 10.1. The van der Waals surface area contributed by atoms with Crippen LogP contribution in [0.4, 0.5) is 0 Å². The van der Waals surface area contributed by atoms with Gasteiger partial charge in [-0.2, -0.15) is 5.10 Å². The van der Waals surface area contributed by atoms with E-state index in [-0.39, 0.29) is 0 Å². The minimum Gasteiger partial charge on any atom is -0.275 e. The first-order chi connectivity index (χ1) is 8.25. The lowest BCUT2D eigenvalue weighted by atomic mass is 10.1. The van der Waals surface area contributed by atoms with Crippen molar-refractivity contribution >= 4 is 34.2 Å². The molecule has 2 aromatic heterocycles. The van der Waals surface area contributed by atoms with Crippen molar-refractivity contribution in [2.75, 3.05) is 0 Å². The van der Waals surface area contributed by atoms with Gasteiger partial charge < -0.3 is 0 Å². The third-order valence-electron chi connectivity index (χ3n) is 2.53. The smallest absolute Gasteiger partial charge is 0.182 e. The number of hydrogen-bond donors (Lipinski definition) is 1. The Hall–Kier alpha value is -1.58. The predicted molar refractivity (Wildman–Crippen MR) is 69.3 cm³/mol. The second-order valence-corrected chi connectivity index (χ2v) is 4.38. The number of halogens is 2. The van der Waals surface area contributed by atoms with Gasteiger partial charge in [-0.3, -0.25) is 5.10 Å². The summed E-state index contributed by atoms with van der Waals surface area (Å²) in [5, 5.41) is 9.07. The quantitative estimate of drug-likeness (QED) is 0.676. The maximum absolute atomic E-state index is 6.15. The van der Waals surface area contributed by atoms with Crippen LogP contribution >= 0.6 is 23.2 Å². The second-order valence-electron chi connectivity index (χ2n) is 3.58. The van der Waals surface area contributed by atoms with Crippen molar-refractivity contribution in [2.45, 2.75) is 0 Å². The molecule has 0 aliphatic carbocycles. The molecule has 2 heterocycles. The van der Waals surface area contributed by atoms with Crippen LogP contribution in [0.1, 0.15) is 0 Å². The Balaban J connectivity index is 2.29. The average molecular weight is 264 g/mol. The number of nitrogens with zero attached hydrogens (tertiary/aromatic N) is 2. The molecule has 0 radical (unpaired) electrons. The van der Waals surface area contributed by atoms with Crippen molar-refractivity contribution in [3.8, 4) is 11.3 Å². The Morgan fingerprint density at radius 1 is 1.00 bits per heavy atom. The minimum atomic E-state index is 0.426. The second kappa shape index (κ2) is 4.02. The zero-order valence-electron chi connectivity index (χ0n) is 8.61. The van der Waals surface area contributed by atoms with Crippen LogP contribution in [0.2, 0.25) is 10.2 Å². The van der Waals surface area contributed by atoms with E-state index < -0.39 is 0 Å². The Labute approximate surface area is 107 Å². The van der Waals surface area contributed by atoms with E-state index in [4.69, 9.17) is 23.2 Å². The molecular weight excluding hydrogens is 257 g/mol. The Kier molecular flexibility index (Phi) is 2.50. The standard InChI is InChI=1S/C12H7Cl2N3/c13-9-4-2-1-3-7(9)11-8-5-6-10(14)15-12(8)17-16-11/h1-6H,(H,15,16,17). The Morgan fingerprint density at radius 3 is 2.65 bits per heavy atom. The molecule has 0 amide bonds. The van der Waals surface area contributed by atoms with E-state index in [9.17, 15) is 0 Å². The highest BCUT2D eigenvalue weighted by Crippen LogP contribution is 2.31. The van der Waals surface area contributed by atoms with E-state index in [1.54, 1.807) is 6.07 Å². The van der Waals surface area contributed by atoms with Gasteiger partial charge >= 0.3 is 0 Å². The number of hydrogen-bond acceptors (Lipinski definition) is 2. The highest BCUT2D eigenvalue weighted by atomic mass is 35.5. The number of pyridine rings is 1. The van der Waals surface area contributed by atoms with Gasteiger partial charge in [-0.25, -0.2) is 4.98 Å². The summed E-state index contributed by atoms with van der Waals surface area (Å²) in [5.41, 5.74) is 2.35. The summed E-state index contributed by atoms with van der Waals surface area (Å²) in [5.74, 6) is 0. The van der Waals surface area contributed by atoms with Crippen LogP contribution in [-0.4, -0.2) is 15.2 Å². The SMILES string of the molecule is Clc1ccc2c(-c3ccccc3Cl)[nH]nc2n1. The van der Waals surface area contributed by atoms with Gasteiger partial charge in [-0.05, 0) is 18.2 Å². The van der Waals surface area contributed by atoms with Gasteiger partial charge in [-0.15, -0.1) is 0 Å². The molecule has 0 saturated carbocycles. The molecule has 1 N–H and O–H groups in total. The molecule has 17 heavy (non-hydrogen) atoms. The summed E-state index contributed by atoms with van der Waals surface area (Å²) in [6.45, 7) is 0. The molecule has 84 valence electrons. The topological polar surface area (TPSA) is 41.6 Å². The Bertz CT molecular complexity index is 691. The van der Waals surface area contributed by atoms with Crippen LogP contribution in [0, 0.1) is 0 Å². The minimum absolute atomic E-state index is 0.426. The maximum atomic E-state index is 6.15. The highest BCUT2D eigenvalue weighted by molar-refractivity contribution is 6.33. The molecule has 0 saturated heterocycles. The van der Waals surface area contributed by atoms with E-state index in [0.29, 0.717) is 15.8 Å². The van der Waals surface area contributed by atoms with Gasteiger partial charge in [-0.1, -0.05) is 41.4 Å². The summed E-state index contributed by atoms with van der Waals surface area (Å²) in [7, 11) is 0. The number of nitrogens with one attached hydrogen (secondary N) is 1. The first-order valence-corrected chi connectivity index (χ1v) is 5.77. The fourth-order valence-electron chi connectivity index (χ4n) is 1.74. The number of aromatic amines is 1. The number of benzene rings is 1. The largest absolute Gasteiger partial charge is 0.275 e.